The molecule has 0 fully saturated rings. The zero-order valence-electron chi connectivity index (χ0n) is 12.6. The average molecular weight is 269 g/mol. The molecule has 0 unspecified atom stereocenters. The third kappa shape index (κ3) is 3.53. The molecule has 0 amide bonds. The van der Waals surface area contributed by atoms with Crippen LogP contribution < -0.4 is 10.1 Å². The first-order valence-electron chi connectivity index (χ1n) is 7.23. The molecule has 1 N–H and O–H groups in total. The SMILES string of the molecule is CCc1cccc(C)c1NCCOc1ccccc1C. The van der Waals surface area contributed by atoms with Crippen LogP contribution in [0.3, 0.4) is 0 Å². The molecule has 2 aromatic carbocycles. The van der Waals surface area contributed by atoms with E-state index in [1.165, 1.54) is 22.4 Å². The predicted molar refractivity (Wildman–Crippen MR) is 85.7 cm³/mol. The maximum absolute atomic E-state index is 5.81. The second-order valence-electron chi connectivity index (χ2n) is 5.00. The van der Waals surface area contributed by atoms with E-state index in [-0.39, 0.29) is 0 Å². The minimum atomic E-state index is 0.669. The third-order valence-corrected chi connectivity index (χ3v) is 3.49. The van der Waals surface area contributed by atoms with Crippen LogP contribution >= 0.6 is 0 Å². The molecule has 0 atom stereocenters. The van der Waals surface area contributed by atoms with E-state index < -0.39 is 0 Å². The molecular formula is C18H23NO. The summed E-state index contributed by atoms with van der Waals surface area (Å²) in [6, 6.07) is 14.6. The van der Waals surface area contributed by atoms with Crippen LogP contribution in [0.25, 0.3) is 0 Å². The largest absolute Gasteiger partial charge is 0.491 e. The summed E-state index contributed by atoms with van der Waals surface area (Å²) in [5.41, 5.74) is 5.09. The monoisotopic (exact) mass is 269 g/mol. The molecule has 0 aliphatic rings. The lowest BCUT2D eigenvalue weighted by Gasteiger charge is -2.15. The van der Waals surface area contributed by atoms with Crippen LogP contribution in [0.5, 0.6) is 5.75 Å². The van der Waals surface area contributed by atoms with Gasteiger partial charge in [-0.2, -0.15) is 0 Å². The second-order valence-corrected chi connectivity index (χ2v) is 5.00. The molecule has 0 saturated carbocycles. The van der Waals surface area contributed by atoms with Crippen LogP contribution in [0.15, 0.2) is 42.5 Å². The van der Waals surface area contributed by atoms with Gasteiger partial charge in [-0.05, 0) is 43.0 Å². The first kappa shape index (κ1) is 14.4. The van der Waals surface area contributed by atoms with Crippen molar-refractivity contribution in [1.29, 1.82) is 0 Å². The van der Waals surface area contributed by atoms with Crippen molar-refractivity contribution < 1.29 is 4.74 Å². The van der Waals surface area contributed by atoms with Crippen molar-refractivity contribution >= 4 is 5.69 Å². The Kier molecular flexibility index (Phi) is 5.05. The summed E-state index contributed by atoms with van der Waals surface area (Å²) in [7, 11) is 0. The fourth-order valence-electron chi connectivity index (χ4n) is 2.33. The first-order valence-corrected chi connectivity index (χ1v) is 7.23. The van der Waals surface area contributed by atoms with Crippen LogP contribution in [0, 0.1) is 13.8 Å². The lowest BCUT2D eigenvalue weighted by atomic mass is 10.1. The number of nitrogens with one attached hydrogen (secondary N) is 1. The molecule has 106 valence electrons. The van der Waals surface area contributed by atoms with Gasteiger partial charge in [-0.3, -0.25) is 0 Å². The lowest BCUT2D eigenvalue weighted by Crippen LogP contribution is -2.13. The van der Waals surface area contributed by atoms with E-state index in [9.17, 15) is 0 Å². The molecule has 0 heterocycles. The Morgan fingerprint density at radius 3 is 2.45 bits per heavy atom. The molecule has 2 nitrogen and oxygen atoms in total. The number of para-hydroxylation sites is 2. The first-order chi connectivity index (χ1) is 9.72. The van der Waals surface area contributed by atoms with Crippen molar-refractivity contribution in [2.45, 2.75) is 27.2 Å². The number of hydrogen-bond acceptors (Lipinski definition) is 2. The van der Waals surface area contributed by atoms with E-state index in [2.05, 4.69) is 50.4 Å². The molecule has 0 aliphatic heterocycles. The minimum Gasteiger partial charge on any atom is -0.491 e. The number of aryl methyl sites for hydroxylation is 3. The predicted octanol–water partition coefficient (Wildman–Crippen LogP) is 4.36. The lowest BCUT2D eigenvalue weighted by molar-refractivity contribution is 0.330. The van der Waals surface area contributed by atoms with Crippen LogP contribution in [0.2, 0.25) is 0 Å². The van der Waals surface area contributed by atoms with E-state index in [4.69, 9.17) is 4.74 Å². The van der Waals surface area contributed by atoms with Gasteiger partial charge in [0.1, 0.15) is 12.4 Å². The number of hydrogen-bond donors (Lipinski definition) is 1. The summed E-state index contributed by atoms with van der Waals surface area (Å²) in [6.45, 7) is 7.88. The normalized spacial score (nSPS) is 10.3. The Hall–Kier alpha value is -1.96. The van der Waals surface area contributed by atoms with Crippen molar-refractivity contribution in [3.63, 3.8) is 0 Å². The Balaban J connectivity index is 1.89. The van der Waals surface area contributed by atoms with Gasteiger partial charge in [-0.15, -0.1) is 0 Å². The molecule has 0 aromatic heterocycles. The molecule has 2 heteroatoms. The molecule has 0 spiro atoms. The van der Waals surface area contributed by atoms with Crippen molar-refractivity contribution in [2.75, 3.05) is 18.5 Å². The summed E-state index contributed by atoms with van der Waals surface area (Å²) >= 11 is 0. The Bertz CT molecular complexity index is 563. The van der Waals surface area contributed by atoms with Crippen molar-refractivity contribution in [1.82, 2.24) is 0 Å². The topological polar surface area (TPSA) is 21.3 Å². The molecule has 0 radical (unpaired) electrons. The fraction of sp³-hybridized carbons (Fsp3) is 0.333. The van der Waals surface area contributed by atoms with Gasteiger partial charge in [0.25, 0.3) is 0 Å². The van der Waals surface area contributed by atoms with Gasteiger partial charge in [0.05, 0.1) is 0 Å². The van der Waals surface area contributed by atoms with Gasteiger partial charge in [-0.25, -0.2) is 0 Å². The minimum absolute atomic E-state index is 0.669. The van der Waals surface area contributed by atoms with E-state index in [0.29, 0.717) is 6.61 Å². The Morgan fingerprint density at radius 1 is 0.950 bits per heavy atom. The number of benzene rings is 2. The van der Waals surface area contributed by atoms with Gasteiger partial charge in [0.2, 0.25) is 0 Å². The third-order valence-electron chi connectivity index (χ3n) is 3.49. The molecule has 0 saturated heterocycles. The summed E-state index contributed by atoms with van der Waals surface area (Å²) in [4.78, 5) is 0. The molecule has 2 rings (SSSR count). The highest BCUT2D eigenvalue weighted by Crippen LogP contribution is 2.21. The number of anilines is 1. The second kappa shape index (κ2) is 6.99. The Morgan fingerprint density at radius 2 is 1.70 bits per heavy atom. The van der Waals surface area contributed by atoms with Crippen molar-refractivity contribution in [3.8, 4) is 5.75 Å². The maximum Gasteiger partial charge on any atom is 0.122 e. The highest BCUT2D eigenvalue weighted by atomic mass is 16.5. The van der Waals surface area contributed by atoms with Gasteiger partial charge in [0, 0.05) is 12.2 Å². The van der Waals surface area contributed by atoms with E-state index in [1.54, 1.807) is 0 Å². The quantitative estimate of drug-likeness (QED) is 0.787. The fourth-order valence-corrected chi connectivity index (χ4v) is 2.33. The molecular weight excluding hydrogens is 246 g/mol. The zero-order chi connectivity index (χ0) is 14.4. The number of ether oxygens (including phenoxy) is 1. The van der Waals surface area contributed by atoms with Crippen molar-refractivity contribution in [3.05, 3.63) is 59.2 Å². The Labute approximate surface area is 121 Å². The van der Waals surface area contributed by atoms with E-state index >= 15 is 0 Å². The van der Waals surface area contributed by atoms with Gasteiger partial charge in [0.15, 0.2) is 0 Å². The summed E-state index contributed by atoms with van der Waals surface area (Å²) in [6.07, 6.45) is 1.04. The highest BCUT2D eigenvalue weighted by molar-refractivity contribution is 5.57. The molecule has 2 aromatic rings. The van der Waals surface area contributed by atoms with Gasteiger partial charge in [-0.1, -0.05) is 43.3 Å². The summed E-state index contributed by atoms with van der Waals surface area (Å²) in [5.74, 6) is 0.967. The van der Waals surface area contributed by atoms with Crippen LogP contribution in [0.4, 0.5) is 5.69 Å². The summed E-state index contributed by atoms with van der Waals surface area (Å²) in [5, 5.41) is 3.50. The molecule has 0 aliphatic carbocycles. The van der Waals surface area contributed by atoms with E-state index in [0.717, 1.165) is 18.7 Å². The average Bonchev–Trinajstić information content (AvgIpc) is 2.46. The number of rotatable bonds is 6. The summed E-state index contributed by atoms with van der Waals surface area (Å²) < 4.78 is 5.81. The smallest absolute Gasteiger partial charge is 0.122 e. The van der Waals surface area contributed by atoms with Crippen LogP contribution in [-0.4, -0.2) is 13.2 Å². The zero-order valence-corrected chi connectivity index (χ0v) is 12.6. The van der Waals surface area contributed by atoms with Gasteiger partial charge >= 0.3 is 0 Å². The van der Waals surface area contributed by atoms with Gasteiger partial charge < -0.3 is 10.1 Å². The van der Waals surface area contributed by atoms with Crippen LogP contribution in [-0.2, 0) is 6.42 Å². The standard InChI is InChI=1S/C18H23NO/c1-4-16-10-7-9-15(3)18(16)19-12-13-20-17-11-6-5-8-14(17)2/h5-11,19H,4,12-13H2,1-3H3. The van der Waals surface area contributed by atoms with Crippen molar-refractivity contribution in [2.24, 2.45) is 0 Å². The van der Waals surface area contributed by atoms with Crippen LogP contribution in [0.1, 0.15) is 23.6 Å². The highest BCUT2D eigenvalue weighted by Gasteiger charge is 2.03. The molecule has 0 bridgehead atoms. The van der Waals surface area contributed by atoms with E-state index in [1.807, 2.05) is 18.2 Å². The maximum atomic E-state index is 5.81. The molecule has 20 heavy (non-hydrogen) atoms.